The first-order valence-corrected chi connectivity index (χ1v) is 14.4. The van der Waals surface area contributed by atoms with Crippen molar-refractivity contribution in [2.24, 2.45) is 0 Å². The molecule has 7 nitrogen and oxygen atoms in total. The number of carbonyl (C=O) groups is 1. The Labute approximate surface area is 206 Å². The molecule has 4 rings (SSSR count). The van der Waals surface area contributed by atoms with Crippen LogP contribution >= 0.6 is 0 Å². The lowest BCUT2D eigenvalue weighted by molar-refractivity contribution is -0.131. The van der Waals surface area contributed by atoms with Gasteiger partial charge in [0, 0.05) is 19.1 Å². The molecule has 1 aliphatic heterocycles. The van der Waals surface area contributed by atoms with E-state index in [2.05, 4.69) is 4.72 Å². The fraction of sp³-hybridized carbons (Fsp3) is 0.269. The van der Waals surface area contributed by atoms with Crippen molar-refractivity contribution in [1.82, 2.24) is 9.62 Å². The van der Waals surface area contributed by atoms with Gasteiger partial charge in [-0.1, -0.05) is 54.6 Å². The van der Waals surface area contributed by atoms with Gasteiger partial charge in [0.2, 0.25) is 25.8 Å². The summed E-state index contributed by atoms with van der Waals surface area (Å²) in [5, 5.41) is 0. The summed E-state index contributed by atoms with van der Waals surface area (Å²) in [6.07, 6.45) is 1.29. The van der Waals surface area contributed by atoms with E-state index in [1.54, 1.807) is 30.0 Å². The van der Waals surface area contributed by atoms with E-state index < -0.39 is 19.9 Å². The summed E-state index contributed by atoms with van der Waals surface area (Å²) in [7, 11) is -7.81. The first-order chi connectivity index (χ1) is 16.7. The number of nitrogens with zero attached hydrogens (tertiary/aromatic N) is 1. The molecule has 3 aromatic rings. The Balaban J connectivity index is 1.44. The van der Waals surface area contributed by atoms with Gasteiger partial charge in [0.15, 0.2) is 0 Å². The van der Waals surface area contributed by atoms with E-state index in [0.717, 1.165) is 5.56 Å². The van der Waals surface area contributed by atoms with E-state index in [9.17, 15) is 21.6 Å². The molecular formula is C26H28N2O5S2. The zero-order valence-electron chi connectivity index (χ0n) is 19.4. The number of sulfone groups is 1. The van der Waals surface area contributed by atoms with Crippen molar-refractivity contribution in [3.8, 4) is 0 Å². The molecular weight excluding hydrogens is 484 g/mol. The summed E-state index contributed by atoms with van der Waals surface area (Å²) >= 11 is 0. The fourth-order valence-electron chi connectivity index (χ4n) is 4.18. The van der Waals surface area contributed by atoms with Gasteiger partial charge in [0.1, 0.15) is 0 Å². The van der Waals surface area contributed by atoms with Gasteiger partial charge in [-0.25, -0.2) is 21.6 Å². The molecule has 0 bridgehead atoms. The normalized spacial score (nSPS) is 15.2. The lowest BCUT2D eigenvalue weighted by Gasteiger charge is -2.32. The predicted octanol–water partition coefficient (Wildman–Crippen LogP) is 3.34. The van der Waals surface area contributed by atoms with E-state index in [-0.39, 0.29) is 26.6 Å². The Morgan fingerprint density at radius 3 is 2.09 bits per heavy atom. The van der Waals surface area contributed by atoms with Crippen molar-refractivity contribution < 1.29 is 21.6 Å². The zero-order chi connectivity index (χ0) is 25.1. The molecule has 1 amide bonds. The third kappa shape index (κ3) is 5.80. The van der Waals surface area contributed by atoms with Gasteiger partial charge in [-0.15, -0.1) is 0 Å². The maximum atomic E-state index is 13.2. The SMILES string of the molecule is Cc1ccc(S(=O)(=O)c2ccccc2)cc1S(=O)(=O)NC1CCN(C(=O)Cc2ccccc2)CC1. The molecule has 1 fully saturated rings. The van der Waals surface area contributed by atoms with Crippen LogP contribution in [0.15, 0.2) is 93.5 Å². The largest absolute Gasteiger partial charge is 0.342 e. The summed E-state index contributed by atoms with van der Waals surface area (Å²) in [5.41, 5.74) is 1.40. The number of likely N-dealkylation sites (tertiary alicyclic amines) is 1. The van der Waals surface area contributed by atoms with Crippen molar-refractivity contribution in [3.05, 3.63) is 90.0 Å². The van der Waals surface area contributed by atoms with Gasteiger partial charge < -0.3 is 4.90 Å². The monoisotopic (exact) mass is 512 g/mol. The molecule has 0 saturated carbocycles. The van der Waals surface area contributed by atoms with E-state index >= 15 is 0 Å². The van der Waals surface area contributed by atoms with Gasteiger partial charge in [-0.2, -0.15) is 0 Å². The Kier molecular flexibility index (Phi) is 7.39. The molecule has 0 aromatic heterocycles. The minimum atomic E-state index is -3.96. The first-order valence-electron chi connectivity index (χ1n) is 11.4. The van der Waals surface area contributed by atoms with E-state index in [4.69, 9.17) is 0 Å². The first kappa shape index (κ1) is 25.1. The summed E-state index contributed by atoms with van der Waals surface area (Å²) in [6.45, 7) is 2.55. The summed E-state index contributed by atoms with van der Waals surface area (Å²) in [6, 6.07) is 21.3. The minimum Gasteiger partial charge on any atom is -0.342 e. The molecule has 3 aromatic carbocycles. The molecule has 0 unspecified atom stereocenters. The van der Waals surface area contributed by atoms with Gasteiger partial charge >= 0.3 is 0 Å². The molecule has 0 aliphatic carbocycles. The molecule has 35 heavy (non-hydrogen) atoms. The highest BCUT2D eigenvalue weighted by molar-refractivity contribution is 7.91. The molecule has 1 aliphatic rings. The highest BCUT2D eigenvalue weighted by Crippen LogP contribution is 2.26. The van der Waals surface area contributed by atoms with Crippen LogP contribution in [0.2, 0.25) is 0 Å². The van der Waals surface area contributed by atoms with E-state index in [1.807, 2.05) is 30.3 Å². The quantitative estimate of drug-likeness (QED) is 0.523. The highest BCUT2D eigenvalue weighted by Gasteiger charge is 2.29. The van der Waals surface area contributed by atoms with Crippen molar-refractivity contribution in [2.75, 3.05) is 13.1 Å². The lowest BCUT2D eigenvalue weighted by atomic mass is 10.0. The predicted molar refractivity (Wildman–Crippen MR) is 133 cm³/mol. The van der Waals surface area contributed by atoms with Crippen molar-refractivity contribution in [3.63, 3.8) is 0 Å². The minimum absolute atomic E-state index is 0.0205. The summed E-state index contributed by atoms with van der Waals surface area (Å²) < 4.78 is 55.1. The number of carbonyl (C=O) groups excluding carboxylic acids is 1. The standard InChI is InChI=1S/C26H28N2O5S2/c1-20-12-13-24(34(30,31)23-10-6-3-7-11-23)19-25(20)35(32,33)27-22-14-16-28(17-15-22)26(29)18-21-8-4-2-5-9-21/h2-13,19,22,27H,14-18H2,1H3. The van der Waals surface area contributed by atoms with Gasteiger partial charge in [0.25, 0.3) is 0 Å². The van der Waals surface area contributed by atoms with Gasteiger partial charge in [-0.3, -0.25) is 4.79 Å². The van der Waals surface area contributed by atoms with Crippen LogP contribution in [0.25, 0.3) is 0 Å². The number of piperidine rings is 1. The van der Waals surface area contributed by atoms with Crippen LogP contribution in [0.3, 0.4) is 0 Å². The van der Waals surface area contributed by atoms with Crippen LogP contribution in [-0.2, 0) is 31.1 Å². The number of benzene rings is 3. The molecule has 1 heterocycles. The lowest BCUT2D eigenvalue weighted by Crippen LogP contribution is -2.47. The Bertz CT molecular complexity index is 1400. The Morgan fingerprint density at radius 1 is 0.857 bits per heavy atom. The number of hydrogen-bond acceptors (Lipinski definition) is 5. The fourth-order valence-corrected chi connectivity index (χ4v) is 7.14. The number of rotatable bonds is 7. The smallest absolute Gasteiger partial charge is 0.241 e. The van der Waals surface area contributed by atoms with E-state index in [0.29, 0.717) is 37.9 Å². The van der Waals surface area contributed by atoms with Crippen LogP contribution in [-0.4, -0.2) is 46.8 Å². The second-order valence-electron chi connectivity index (χ2n) is 8.68. The molecule has 9 heteroatoms. The van der Waals surface area contributed by atoms with Crippen LogP contribution in [0, 0.1) is 6.92 Å². The molecule has 1 saturated heterocycles. The average Bonchev–Trinajstić information content (AvgIpc) is 2.85. The van der Waals surface area contributed by atoms with Crippen LogP contribution < -0.4 is 4.72 Å². The number of sulfonamides is 1. The number of aryl methyl sites for hydroxylation is 1. The van der Waals surface area contributed by atoms with Gasteiger partial charge in [-0.05, 0) is 55.2 Å². The topological polar surface area (TPSA) is 101 Å². The second kappa shape index (κ2) is 10.3. The third-order valence-electron chi connectivity index (χ3n) is 6.18. The van der Waals surface area contributed by atoms with Crippen molar-refractivity contribution in [2.45, 2.75) is 46.9 Å². The molecule has 184 valence electrons. The van der Waals surface area contributed by atoms with E-state index in [1.165, 1.54) is 30.3 Å². The molecule has 1 N–H and O–H groups in total. The maximum Gasteiger partial charge on any atom is 0.241 e. The summed E-state index contributed by atoms with van der Waals surface area (Å²) in [5.74, 6) is 0.0205. The highest BCUT2D eigenvalue weighted by atomic mass is 32.2. The number of nitrogens with one attached hydrogen (secondary N) is 1. The van der Waals surface area contributed by atoms with Crippen molar-refractivity contribution in [1.29, 1.82) is 0 Å². The maximum absolute atomic E-state index is 13.2. The summed E-state index contributed by atoms with van der Waals surface area (Å²) in [4.78, 5) is 14.3. The Hall–Kier alpha value is -3.01. The Morgan fingerprint density at radius 2 is 1.46 bits per heavy atom. The molecule has 0 radical (unpaired) electrons. The molecule has 0 spiro atoms. The zero-order valence-corrected chi connectivity index (χ0v) is 21.1. The van der Waals surface area contributed by atoms with Crippen LogP contribution in [0.4, 0.5) is 0 Å². The number of amides is 1. The van der Waals surface area contributed by atoms with Crippen LogP contribution in [0.1, 0.15) is 24.0 Å². The molecule has 0 atom stereocenters. The van der Waals surface area contributed by atoms with Crippen LogP contribution in [0.5, 0.6) is 0 Å². The average molecular weight is 513 g/mol. The third-order valence-corrected chi connectivity index (χ3v) is 9.61. The number of hydrogen-bond donors (Lipinski definition) is 1. The van der Waals surface area contributed by atoms with Crippen molar-refractivity contribution >= 4 is 25.8 Å². The second-order valence-corrected chi connectivity index (χ2v) is 12.3. The van der Waals surface area contributed by atoms with Gasteiger partial charge in [0.05, 0.1) is 21.1 Å².